The zero-order chi connectivity index (χ0) is 15.0. The van der Waals surface area contributed by atoms with Gasteiger partial charge in [-0.15, -0.1) is 5.10 Å². The molecule has 1 heterocycles. The fourth-order valence-electron chi connectivity index (χ4n) is 2.53. The van der Waals surface area contributed by atoms with Gasteiger partial charge in [0.15, 0.2) is 5.69 Å². The van der Waals surface area contributed by atoms with Crippen LogP contribution in [0.4, 0.5) is 0 Å². The van der Waals surface area contributed by atoms with Gasteiger partial charge in [0.1, 0.15) is 11.8 Å². The number of hydrogen-bond acceptors (Lipinski definition) is 4. The number of phenolic OH excluding ortho intramolecular Hbond substituents is 1. The van der Waals surface area contributed by atoms with E-state index >= 15 is 0 Å². The second-order valence-electron chi connectivity index (χ2n) is 5.15. The summed E-state index contributed by atoms with van der Waals surface area (Å²) in [5.74, 6) is 0.336. The second kappa shape index (κ2) is 4.91. The Morgan fingerprint density at radius 3 is 2.57 bits per heavy atom. The highest BCUT2D eigenvalue weighted by atomic mass is 16.3. The number of rotatable bonds is 2. The van der Waals surface area contributed by atoms with E-state index in [2.05, 4.69) is 16.4 Å². The monoisotopic (exact) mass is 278 g/mol. The molecule has 0 radical (unpaired) electrons. The highest BCUT2D eigenvalue weighted by Gasteiger charge is 2.18. The molecule has 3 aromatic rings. The molecule has 104 valence electrons. The van der Waals surface area contributed by atoms with E-state index in [1.807, 2.05) is 38.1 Å². The topological polar surface area (TPSA) is 74.7 Å². The number of aromatic hydroxyl groups is 1. The van der Waals surface area contributed by atoms with Crippen molar-refractivity contribution in [1.29, 1.82) is 5.26 Å². The van der Waals surface area contributed by atoms with Crippen molar-refractivity contribution in [2.24, 2.45) is 0 Å². The number of nitriles is 1. The van der Waals surface area contributed by atoms with Gasteiger partial charge in [-0.1, -0.05) is 43.3 Å². The van der Waals surface area contributed by atoms with E-state index < -0.39 is 0 Å². The molecule has 0 aliphatic heterocycles. The summed E-state index contributed by atoms with van der Waals surface area (Å²) in [7, 11) is 0. The Hall–Kier alpha value is -2.87. The lowest BCUT2D eigenvalue weighted by Crippen LogP contribution is -2.05. The Balaban J connectivity index is 2.35. The van der Waals surface area contributed by atoms with Gasteiger partial charge in [-0.2, -0.15) is 5.26 Å². The van der Waals surface area contributed by atoms with Crippen molar-refractivity contribution in [1.82, 2.24) is 15.0 Å². The minimum atomic E-state index is 0.113. The molecule has 3 rings (SSSR count). The maximum absolute atomic E-state index is 9.97. The van der Waals surface area contributed by atoms with Crippen LogP contribution in [0.2, 0.25) is 0 Å². The quantitative estimate of drug-likeness (QED) is 0.781. The number of phenols is 1. The van der Waals surface area contributed by atoms with Crippen LogP contribution in [0, 0.1) is 11.3 Å². The molecule has 5 nitrogen and oxygen atoms in total. The van der Waals surface area contributed by atoms with Crippen LogP contribution in [0.15, 0.2) is 36.4 Å². The van der Waals surface area contributed by atoms with E-state index in [1.165, 1.54) is 0 Å². The van der Waals surface area contributed by atoms with Crippen molar-refractivity contribution < 1.29 is 5.11 Å². The number of benzene rings is 2. The summed E-state index contributed by atoms with van der Waals surface area (Å²) < 4.78 is 1.69. The standard InChI is InChI=1S/C16H14N4O/c1-10(2)16-13(9-17)18-19-20(16)14-7-3-6-12-11(14)5-4-8-15(12)21/h3-8,10,21H,1-2H3. The van der Waals surface area contributed by atoms with Gasteiger partial charge >= 0.3 is 0 Å². The van der Waals surface area contributed by atoms with E-state index in [1.54, 1.807) is 16.8 Å². The van der Waals surface area contributed by atoms with E-state index in [0.29, 0.717) is 5.69 Å². The second-order valence-corrected chi connectivity index (χ2v) is 5.15. The van der Waals surface area contributed by atoms with Crippen molar-refractivity contribution in [2.75, 3.05) is 0 Å². The molecule has 0 aliphatic carbocycles. The lowest BCUT2D eigenvalue weighted by atomic mass is 10.1. The van der Waals surface area contributed by atoms with Crippen LogP contribution in [0.1, 0.15) is 31.2 Å². The molecular weight excluding hydrogens is 264 g/mol. The molecule has 5 heteroatoms. The van der Waals surface area contributed by atoms with Crippen LogP contribution in [0.25, 0.3) is 16.5 Å². The molecule has 0 fully saturated rings. The van der Waals surface area contributed by atoms with E-state index in [0.717, 1.165) is 22.2 Å². The van der Waals surface area contributed by atoms with Gasteiger partial charge in [-0.3, -0.25) is 0 Å². The number of aromatic nitrogens is 3. The molecule has 21 heavy (non-hydrogen) atoms. The Labute approximate surface area is 122 Å². The van der Waals surface area contributed by atoms with Gasteiger partial charge in [0.05, 0.1) is 11.4 Å². The molecule has 2 aromatic carbocycles. The fraction of sp³-hybridized carbons (Fsp3) is 0.188. The maximum atomic E-state index is 9.97. The predicted molar refractivity (Wildman–Crippen MR) is 79.3 cm³/mol. The summed E-state index contributed by atoms with van der Waals surface area (Å²) in [6, 6.07) is 13.1. The van der Waals surface area contributed by atoms with Gasteiger partial charge in [0.25, 0.3) is 0 Å². The summed E-state index contributed by atoms with van der Waals surface area (Å²) in [6.45, 7) is 4.00. The molecule has 0 saturated carbocycles. The zero-order valence-electron chi connectivity index (χ0n) is 11.8. The Morgan fingerprint density at radius 1 is 1.14 bits per heavy atom. The van der Waals surface area contributed by atoms with Crippen LogP contribution in [0.3, 0.4) is 0 Å². The molecule has 0 saturated heterocycles. The van der Waals surface area contributed by atoms with Crippen LogP contribution in [0.5, 0.6) is 5.75 Å². The highest BCUT2D eigenvalue weighted by Crippen LogP contribution is 2.30. The largest absolute Gasteiger partial charge is 0.507 e. The summed E-state index contributed by atoms with van der Waals surface area (Å²) in [5, 5.41) is 28.8. The average Bonchev–Trinajstić information content (AvgIpc) is 2.91. The maximum Gasteiger partial charge on any atom is 0.186 e. The summed E-state index contributed by atoms with van der Waals surface area (Å²) >= 11 is 0. The van der Waals surface area contributed by atoms with E-state index in [9.17, 15) is 10.4 Å². The molecule has 1 N–H and O–H groups in total. The predicted octanol–water partition coefficient (Wildman–Crippen LogP) is 3.12. The van der Waals surface area contributed by atoms with E-state index in [-0.39, 0.29) is 11.7 Å². The molecule has 0 bridgehead atoms. The lowest BCUT2D eigenvalue weighted by Gasteiger charge is -2.12. The minimum absolute atomic E-state index is 0.113. The van der Waals surface area contributed by atoms with E-state index in [4.69, 9.17) is 0 Å². The number of hydrogen-bond donors (Lipinski definition) is 1. The molecule has 0 atom stereocenters. The van der Waals surface area contributed by atoms with Crippen LogP contribution in [-0.4, -0.2) is 20.1 Å². The normalized spacial score (nSPS) is 11.0. The highest BCUT2D eigenvalue weighted by molar-refractivity contribution is 5.94. The third kappa shape index (κ3) is 2.01. The third-order valence-electron chi connectivity index (χ3n) is 3.46. The molecule has 0 spiro atoms. The average molecular weight is 278 g/mol. The molecule has 0 amide bonds. The Morgan fingerprint density at radius 2 is 1.86 bits per heavy atom. The molecule has 1 aromatic heterocycles. The first-order valence-corrected chi connectivity index (χ1v) is 6.70. The van der Waals surface area contributed by atoms with Gasteiger partial charge in [-0.25, -0.2) is 4.68 Å². The lowest BCUT2D eigenvalue weighted by molar-refractivity contribution is 0.481. The van der Waals surface area contributed by atoms with Gasteiger partial charge in [-0.05, 0) is 18.1 Å². The molecular formula is C16H14N4O. The van der Waals surface area contributed by atoms with Crippen molar-refractivity contribution >= 4 is 10.8 Å². The molecule has 0 unspecified atom stereocenters. The number of fused-ring (bicyclic) bond motifs is 1. The summed E-state index contributed by atoms with van der Waals surface area (Å²) in [5.41, 5.74) is 1.91. The minimum Gasteiger partial charge on any atom is -0.507 e. The van der Waals surface area contributed by atoms with Crippen LogP contribution < -0.4 is 0 Å². The van der Waals surface area contributed by atoms with Crippen LogP contribution in [-0.2, 0) is 0 Å². The first-order valence-electron chi connectivity index (χ1n) is 6.70. The number of nitrogens with zero attached hydrogens (tertiary/aromatic N) is 4. The van der Waals surface area contributed by atoms with Gasteiger partial charge in [0.2, 0.25) is 0 Å². The zero-order valence-corrected chi connectivity index (χ0v) is 11.8. The van der Waals surface area contributed by atoms with Crippen molar-refractivity contribution in [3.8, 4) is 17.5 Å². The van der Waals surface area contributed by atoms with Gasteiger partial charge in [0, 0.05) is 10.8 Å². The SMILES string of the molecule is CC(C)c1c(C#N)nnn1-c1cccc2c(O)cccc12. The van der Waals surface area contributed by atoms with Crippen molar-refractivity contribution in [2.45, 2.75) is 19.8 Å². The third-order valence-corrected chi connectivity index (χ3v) is 3.46. The Kier molecular flexibility index (Phi) is 3.07. The first-order chi connectivity index (χ1) is 10.1. The van der Waals surface area contributed by atoms with Crippen LogP contribution >= 0.6 is 0 Å². The summed E-state index contributed by atoms with van der Waals surface area (Å²) in [4.78, 5) is 0. The smallest absolute Gasteiger partial charge is 0.186 e. The molecule has 0 aliphatic rings. The van der Waals surface area contributed by atoms with Crippen molar-refractivity contribution in [3.63, 3.8) is 0 Å². The fourth-order valence-corrected chi connectivity index (χ4v) is 2.53. The summed E-state index contributed by atoms with van der Waals surface area (Å²) in [6.07, 6.45) is 0. The van der Waals surface area contributed by atoms with Gasteiger partial charge < -0.3 is 5.11 Å². The first kappa shape index (κ1) is 13.1. The Bertz CT molecular complexity index is 858. The van der Waals surface area contributed by atoms with Crippen molar-refractivity contribution in [3.05, 3.63) is 47.8 Å².